The number of hydrogen-bond acceptors (Lipinski definition) is 4. The zero-order valence-electron chi connectivity index (χ0n) is 15.1. The van der Waals surface area contributed by atoms with Crippen LogP contribution in [0.2, 0.25) is 5.02 Å². The topological polar surface area (TPSA) is 41.1 Å². The minimum Gasteiger partial charge on any atom is -0.372 e. The molecule has 5 rings (SSSR count). The fraction of sp³-hybridized carbons (Fsp3) is 0.174. The third-order valence-corrected chi connectivity index (χ3v) is 6.85. The fourth-order valence-electron chi connectivity index (χ4n) is 4.16. The van der Waals surface area contributed by atoms with Gasteiger partial charge in [-0.05, 0) is 41.6 Å². The van der Waals surface area contributed by atoms with Crippen molar-refractivity contribution in [2.45, 2.75) is 24.8 Å². The van der Waals surface area contributed by atoms with Crippen LogP contribution in [-0.2, 0) is 4.79 Å². The largest absolute Gasteiger partial charge is 0.372 e. The van der Waals surface area contributed by atoms with Crippen molar-refractivity contribution >= 4 is 40.1 Å². The predicted molar refractivity (Wildman–Crippen MR) is 116 cm³/mol. The number of rotatable bonds is 2. The molecule has 1 aromatic heterocycles. The Hall–Kier alpha value is -2.56. The second kappa shape index (κ2) is 7.12. The van der Waals surface area contributed by atoms with Crippen LogP contribution in [0.4, 0.5) is 11.4 Å². The summed E-state index contributed by atoms with van der Waals surface area (Å²) in [6.45, 7) is 0. The molecule has 0 spiro atoms. The minimum atomic E-state index is -0.267. The van der Waals surface area contributed by atoms with Crippen molar-refractivity contribution in [1.29, 1.82) is 0 Å². The predicted octanol–water partition coefficient (Wildman–Crippen LogP) is 6.38. The average molecular weight is 407 g/mol. The first kappa shape index (κ1) is 17.5. The normalized spacial score (nSPS) is 21.2. The lowest BCUT2D eigenvalue weighted by Gasteiger charge is -2.29. The zero-order valence-corrected chi connectivity index (χ0v) is 16.7. The summed E-state index contributed by atoms with van der Waals surface area (Å²) in [5.41, 5.74) is 4.69. The van der Waals surface area contributed by atoms with Crippen LogP contribution in [0.3, 0.4) is 0 Å². The van der Waals surface area contributed by atoms with Crippen molar-refractivity contribution in [3.8, 4) is 0 Å². The van der Waals surface area contributed by atoms with Crippen molar-refractivity contribution in [2.24, 2.45) is 0 Å². The van der Waals surface area contributed by atoms with Crippen LogP contribution in [0.1, 0.15) is 35.2 Å². The number of Topliss-reactive ketones (excluding diaryl/α,β-unsaturated/α-hetero) is 1. The quantitative estimate of drug-likeness (QED) is 0.518. The molecular formula is C23H19ClN2OS. The zero-order chi connectivity index (χ0) is 19.1. The van der Waals surface area contributed by atoms with Crippen LogP contribution in [-0.4, -0.2) is 5.78 Å². The highest BCUT2D eigenvalue weighted by molar-refractivity contribution is 7.10. The molecule has 2 aliphatic rings. The smallest absolute Gasteiger partial charge is 0.163 e. The number of hydrogen-bond donors (Lipinski definition) is 2. The van der Waals surface area contributed by atoms with Gasteiger partial charge in [-0.3, -0.25) is 4.79 Å². The van der Waals surface area contributed by atoms with Gasteiger partial charge in [-0.1, -0.05) is 48.0 Å². The highest BCUT2D eigenvalue weighted by Crippen LogP contribution is 2.45. The molecule has 28 heavy (non-hydrogen) atoms. The van der Waals surface area contributed by atoms with E-state index in [1.165, 1.54) is 4.88 Å². The third kappa shape index (κ3) is 3.03. The molecule has 3 nitrogen and oxygen atoms in total. The number of thiophene rings is 1. The molecule has 140 valence electrons. The van der Waals surface area contributed by atoms with E-state index in [1.54, 1.807) is 11.3 Å². The maximum atomic E-state index is 13.4. The maximum absolute atomic E-state index is 13.4. The van der Waals surface area contributed by atoms with Crippen LogP contribution < -0.4 is 10.6 Å². The molecular weight excluding hydrogens is 388 g/mol. The number of carbonyl (C=O) groups excluding carboxylic acids is 1. The Labute approximate surface area is 173 Å². The summed E-state index contributed by atoms with van der Waals surface area (Å²) in [5.74, 6) is 0.397. The fourth-order valence-corrected chi connectivity index (χ4v) is 5.23. The van der Waals surface area contributed by atoms with Gasteiger partial charge < -0.3 is 10.6 Å². The number of anilines is 2. The SMILES string of the molecule is O=C1C[C@@H](c2cccs2)CC2=C1[C@H](c1ccccc1Cl)Nc1ccccc1N2. The molecule has 0 radical (unpaired) electrons. The lowest BCUT2D eigenvalue weighted by atomic mass is 9.81. The standard InChI is InChI=1S/C23H19ClN2OS/c24-16-7-2-1-6-15(16)23-22-19(25-17-8-3-4-9-18(17)26-23)12-14(13-20(22)27)21-10-5-11-28-21/h1-11,14,23,25-26H,12-13H2/t14-,23-/m0/s1. The average Bonchev–Trinajstić information content (AvgIpc) is 3.17. The van der Waals surface area contributed by atoms with Crippen molar-refractivity contribution in [3.63, 3.8) is 0 Å². The molecule has 1 aliphatic carbocycles. The summed E-state index contributed by atoms with van der Waals surface area (Å²) in [7, 11) is 0. The van der Waals surface area contributed by atoms with Crippen molar-refractivity contribution < 1.29 is 4.79 Å². The Kier molecular flexibility index (Phi) is 4.46. The summed E-state index contributed by atoms with van der Waals surface area (Å²) in [4.78, 5) is 14.6. The van der Waals surface area contributed by atoms with E-state index in [0.29, 0.717) is 11.4 Å². The molecule has 3 aromatic rings. The van der Waals surface area contributed by atoms with Gasteiger partial charge in [0.2, 0.25) is 0 Å². The highest BCUT2D eigenvalue weighted by atomic mass is 35.5. The van der Waals surface area contributed by atoms with E-state index in [4.69, 9.17) is 11.6 Å². The monoisotopic (exact) mass is 406 g/mol. The number of nitrogens with one attached hydrogen (secondary N) is 2. The van der Waals surface area contributed by atoms with E-state index >= 15 is 0 Å². The lowest BCUT2D eigenvalue weighted by Crippen LogP contribution is -2.26. The molecule has 0 unspecified atom stereocenters. The minimum absolute atomic E-state index is 0.178. The van der Waals surface area contributed by atoms with Crippen LogP contribution in [0.5, 0.6) is 0 Å². The number of para-hydroxylation sites is 2. The summed E-state index contributed by atoms with van der Waals surface area (Å²) >= 11 is 8.26. The van der Waals surface area contributed by atoms with Gasteiger partial charge in [0, 0.05) is 33.5 Å². The first-order valence-electron chi connectivity index (χ1n) is 9.37. The van der Waals surface area contributed by atoms with Crippen LogP contribution in [0, 0.1) is 0 Å². The van der Waals surface area contributed by atoms with Crippen LogP contribution in [0.25, 0.3) is 0 Å². The molecule has 5 heteroatoms. The Morgan fingerprint density at radius 1 is 0.929 bits per heavy atom. The number of ketones is 1. The van der Waals surface area contributed by atoms with E-state index < -0.39 is 0 Å². The van der Waals surface area contributed by atoms with Gasteiger partial charge in [0.25, 0.3) is 0 Å². The van der Waals surface area contributed by atoms with Gasteiger partial charge in [0.15, 0.2) is 5.78 Å². The van der Waals surface area contributed by atoms with Crippen LogP contribution >= 0.6 is 22.9 Å². The van der Waals surface area contributed by atoms with Gasteiger partial charge in [-0.2, -0.15) is 0 Å². The van der Waals surface area contributed by atoms with Crippen molar-refractivity contribution in [3.05, 3.63) is 92.8 Å². The second-order valence-electron chi connectivity index (χ2n) is 7.21. The summed E-state index contributed by atoms with van der Waals surface area (Å²) in [5, 5.41) is 9.88. The Morgan fingerprint density at radius 3 is 2.50 bits per heavy atom. The van der Waals surface area contributed by atoms with Gasteiger partial charge in [-0.15, -0.1) is 11.3 Å². The molecule has 2 heterocycles. The van der Waals surface area contributed by atoms with E-state index in [0.717, 1.165) is 34.6 Å². The molecule has 1 aliphatic heterocycles. The number of allylic oxidation sites excluding steroid dienone is 1. The summed E-state index contributed by atoms with van der Waals surface area (Å²) in [6, 6.07) is 19.8. The molecule has 2 N–H and O–H groups in total. The Morgan fingerprint density at radius 2 is 1.71 bits per heavy atom. The number of halogens is 1. The molecule has 0 bridgehead atoms. The van der Waals surface area contributed by atoms with Crippen molar-refractivity contribution in [1.82, 2.24) is 0 Å². The van der Waals surface area contributed by atoms with Gasteiger partial charge in [0.05, 0.1) is 17.4 Å². The molecule has 0 fully saturated rings. The summed E-state index contributed by atoms with van der Waals surface area (Å²) in [6.07, 6.45) is 1.35. The Balaban J connectivity index is 1.65. The third-order valence-electron chi connectivity index (χ3n) is 5.47. The first-order valence-corrected chi connectivity index (χ1v) is 10.6. The second-order valence-corrected chi connectivity index (χ2v) is 8.59. The highest BCUT2D eigenvalue weighted by Gasteiger charge is 2.36. The van der Waals surface area contributed by atoms with Gasteiger partial charge >= 0.3 is 0 Å². The molecule has 2 aromatic carbocycles. The first-order chi connectivity index (χ1) is 13.7. The number of carbonyl (C=O) groups is 1. The Bertz CT molecular complexity index is 1070. The molecule has 0 saturated carbocycles. The number of fused-ring (bicyclic) bond motifs is 1. The van der Waals surface area contributed by atoms with Gasteiger partial charge in [0.1, 0.15) is 0 Å². The van der Waals surface area contributed by atoms with E-state index in [1.807, 2.05) is 48.5 Å². The lowest BCUT2D eigenvalue weighted by molar-refractivity contribution is -0.116. The van der Waals surface area contributed by atoms with E-state index in [-0.39, 0.29) is 17.7 Å². The van der Waals surface area contributed by atoms with E-state index in [9.17, 15) is 4.79 Å². The number of benzene rings is 2. The molecule has 2 atom stereocenters. The van der Waals surface area contributed by atoms with E-state index in [2.05, 4.69) is 28.1 Å². The molecule has 0 saturated heterocycles. The maximum Gasteiger partial charge on any atom is 0.163 e. The molecule has 0 amide bonds. The van der Waals surface area contributed by atoms with Crippen molar-refractivity contribution in [2.75, 3.05) is 10.6 Å². The summed E-state index contributed by atoms with van der Waals surface area (Å²) < 4.78 is 0. The van der Waals surface area contributed by atoms with Crippen LogP contribution in [0.15, 0.2) is 77.3 Å². The van der Waals surface area contributed by atoms with Gasteiger partial charge in [-0.25, -0.2) is 0 Å².